The number of aromatic nitrogens is 2. The van der Waals surface area contributed by atoms with Gasteiger partial charge in [-0.15, -0.1) is 0 Å². The molecular weight excluding hydrogens is 332 g/mol. The summed E-state index contributed by atoms with van der Waals surface area (Å²) in [6.45, 7) is 3.29. The Labute approximate surface area is 152 Å². The third kappa shape index (κ3) is 3.94. The van der Waals surface area contributed by atoms with E-state index in [1.807, 2.05) is 43.6 Å². The van der Waals surface area contributed by atoms with Gasteiger partial charge < -0.3 is 15.4 Å². The zero-order chi connectivity index (χ0) is 18.5. The second-order valence-electron chi connectivity index (χ2n) is 6.42. The van der Waals surface area contributed by atoms with Crippen LogP contribution in [0, 0.1) is 5.92 Å². The minimum atomic E-state index is -0.807. The molecule has 0 aliphatic carbocycles. The number of nitrogens with one attached hydrogen (secondary N) is 2. The summed E-state index contributed by atoms with van der Waals surface area (Å²) in [7, 11) is 1.85. The number of carbonyl (C=O) groups is 2. The predicted octanol–water partition coefficient (Wildman–Crippen LogP) is 1.14. The van der Waals surface area contributed by atoms with Crippen LogP contribution < -0.4 is 10.6 Å². The molecule has 0 saturated carbocycles. The first kappa shape index (κ1) is 18.1. The van der Waals surface area contributed by atoms with Crippen LogP contribution in [0.1, 0.15) is 30.0 Å². The summed E-state index contributed by atoms with van der Waals surface area (Å²) in [5.41, 5.74) is 1.73. The Kier molecular flexibility index (Phi) is 5.68. The van der Waals surface area contributed by atoms with Crippen LogP contribution in [0.25, 0.3) is 0 Å². The molecule has 7 heteroatoms. The number of hydrogen-bond acceptors (Lipinski definition) is 5. The molecule has 138 valence electrons. The van der Waals surface area contributed by atoms with Crippen molar-refractivity contribution in [2.75, 3.05) is 19.7 Å². The highest BCUT2D eigenvalue weighted by Crippen LogP contribution is 2.28. The molecule has 1 amide bonds. The van der Waals surface area contributed by atoms with E-state index in [0.717, 1.165) is 5.56 Å². The van der Waals surface area contributed by atoms with Crippen molar-refractivity contribution in [1.29, 1.82) is 0 Å². The average molecular weight is 356 g/mol. The Bertz CT molecular complexity index is 759. The number of nitrogens with zero attached hydrogens (tertiary/aromatic N) is 2. The number of benzene rings is 1. The summed E-state index contributed by atoms with van der Waals surface area (Å²) in [5, 5.41) is 10.3. The largest absolute Gasteiger partial charge is 0.464 e. The molecule has 26 heavy (non-hydrogen) atoms. The summed E-state index contributed by atoms with van der Waals surface area (Å²) in [4.78, 5) is 25.3. The van der Waals surface area contributed by atoms with Gasteiger partial charge in [0.1, 0.15) is 0 Å². The van der Waals surface area contributed by atoms with Gasteiger partial charge >= 0.3 is 5.97 Å². The first-order chi connectivity index (χ1) is 12.6. The summed E-state index contributed by atoms with van der Waals surface area (Å²) in [6, 6.07) is 8.36. The first-order valence-corrected chi connectivity index (χ1v) is 8.81. The Morgan fingerprint density at radius 3 is 2.77 bits per heavy atom. The third-order valence-corrected chi connectivity index (χ3v) is 4.65. The Balaban J connectivity index is 1.77. The number of esters is 1. The fourth-order valence-corrected chi connectivity index (χ4v) is 3.33. The van der Waals surface area contributed by atoms with E-state index in [0.29, 0.717) is 18.7 Å². The predicted molar refractivity (Wildman–Crippen MR) is 96.3 cm³/mol. The van der Waals surface area contributed by atoms with Crippen LogP contribution in [0.4, 0.5) is 0 Å². The number of rotatable bonds is 6. The molecular formula is C19H24N4O3. The van der Waals surface area contributed by atoms with Gasteiger partial charge in [0, 0.05) is 32.3 Å². The molecule has 0 bridgehead atoms. The Morgan fingerprint density at radius 2 is 2.12 bits per heavy atom. The van der Waals surface area contributed by atoms with E-state index < -0.39 is 12.0 Å². The highest BCUT2D eigenvalue weighted by Gasteiger charge is 2.36. The molecule has 1 aliphatic rings. The zero-order valence-electron chi connectivity index (χ0n) is 15.0. The second-order valence-corrected chi connectivity index (χ2v) is 6.42. The molecule has 1 aromatic carbocycles. The van der Waals surface area contributed by atoms with Crippen LogP contribution in [0.5, 0.6) is 0 Å². The SMILES string of the molecule is CCOC(=O)[C@H](NC(=O)[C@H]1CNC[C@@H]1c1cnn(C)c1)c1ccccc1. The van der Waals surface area contributed by atoms with Crippen LogP contribution in [-0.4, -0.2) is 41.4 Å². The minimum absolute atomic E-state index is 0.0299. The van der Waals surface area contributed by atoms with E-state index in [1.54, 1.807) is 17.8 Å². The van der Waals surface area contributed by atoms with Gasteiger partial charge in [-0.2, -0.15) is 5.10 Å². The monoisotopic (exact) mass is 356 g/mol. The lowest BCUT2D eigenvalue weighted by molar-refractivity contribution is -0.148. The van der Waals surface area contributed by atoms with E-state index in [-0.39, 0.29) is 24.3 Å². The highest BCUT2D eigenvalue weighted by atomic mass is 16.5. The number of ether oxygens (including phenoxy) is 1. The fourth-order valence-electron chi connectivity index (χ4n) is 3.33. The number of amides is 1. The molecule has 1 aliphatic heterocycles. The molecule has 1 fully saturated rings. The van der Waals surface area contributed by atoms with Crippen LogP contribution in [0.15, 0.2) is 42.7 Å². The van der Waals surface area contributed by atoms with E-state index in [1.165, 1.54) is 0 Å². The van der Waals surface area contributed by atoms with Crippen molar-refractivity contribution in [2.45, 2.75) is 18.9 Å². The van der Waals surface area contributed by atoms with Gasteiger partial charge in [-0.05, 0) is 18.1 Å². The van der Waals surface area contributed by atoms with Gasteiger partial charge in [-0.25, -0.2) is 4.79 Å². The van der Waals surface area contributed by atoms with E-state index in [2.05, 4.69) is 15.7 Å². The quantitative estimate of drug-likeness (QED) is 0.759. The number of hydrogen-bond donors (Lipinski definition) is 2. The maximum atomic E-state index is 12.9. The van der Waals surface area contributed by atoms with Gasteiger partial charge in [-0.3, -0.25) is 9.48 Å². The lowest BCUT2D eigenvalue weighted by Crippen LogP contribution is -2.40. The minimum Gasteiger partial charge on any atom is -0.464 e. The lowest BCUT2D eigenvalue weighted by Gasteiger charge is -2.22. The Morgan fingerprint density at radius 1 is 1.35 bits per heavy atom. The van der Waals surface area contributed by atoms with Crippen LogP contribution >= 0.6 is 0 Å². The van der Waals surface area contributed by atoms with Crippen LogP contribution in [-0.2, 0) is 21.4 Å². The maximum Gasteiger partial charge on any atom is 0.333 e. The molecule has 2 heterocycles. The van der Waals surface area contributed by atoms with Gasteiger partial charge in [-0.1, -0.05) is 30.3 Å². The first-order valence-electron chi connectivity index (χ1n) is 8.81. The summed E-state index contributed by atoms with van der Waals surface area (Å²) < 4.78 is 6.88. The van der Waals surface area contributed by atoms with Crippen molar-refractivity contribution in [1.82, 2.24) is 20.4 Å². The van der Waals surface area contributed by atoms with E-state index in [4.69, 9.17) is 4.74 Å². The number of aryl methyl sites for hydroxylation is 1. The number of carbonyl (C=O) groups excluding carboxylic acids is 2. The third-order valence-electron chi connectivity index (χ3n) is 4.65. The molecule has 1 aromatic heterocycles. The van der Waals surface area contributed by atoms with Crippen LogP contribution in [0.3, 0.4) is 0 Å². The van der Waals surface area contributed by atoms with Gasteiger partial charge in [0.05, 0.1) is 18.7 Å². The summed E-state index contributed by atoms with van der Waals surface area (Å²) in [6.07, 6.45) is 3.72. The van der Waals surface area contributed by atoms with Crippen molar-refractivity contribution in [2.24, 2.45) is 13.0 Å². The van der Waals surface area contributed by atoms with Crippen molar-refractivity contribution in [3.8, 4) is 0 Å². The van der Waals surface area contributed by atoms with Crippen molar-refractivity contribution < 1.29 is 14.3 Å². The summed E-state index contributed by atoms with van der Waals surface area (Å²) >= 11 is 0. The zero-order valence-corrected chi connectivity index (χ0v) is 15.0. The summed E-state index contributed by atoms with van der Waals surface area (Å²) in [5.74, 6) is -0.844. The molecule has 3 rings (SSSR count). The normalized spacial score (nSPS) is 20.5. The van der Waals surface area contributed by atoms with Crippen molar-refractivity contribution >= 4 is 11.9 Å². The molecule has 0 spiro atoms. The van der Waals surface area contributed by atoms with Gasteiger partial charge in [0.15, 0.2) is 6.04 Å². The second kappa shape index (κ2) is 8.14. The molecule has 0 radical (unpaired) electrons. The molecule has 2 N–H and O–H groups in total. The maximum absolute atomic E-state index is 12.9. The molecule has 2 aromatic rings. The van der Waals surface area contributed by atoms with Gasteiger partial charge in [0.2, 0.25) is 5.91 Å². The Hall–Kier alpha value is -2.67. The fraction of sp³-hybridized carbons (Fsp3) is 0.421. The van der Waals surface area contributed by atoms with Crippen molar-refractivity contribution in [3.63, 3.8) is 0 Å². The van der Waals surface area contributed by atoms with E-state index in [9.17, 15) is 9.59 Å². The molecule has 7 nitrogen and oxygen atoms in total. The standard InChI is InChI=1S/C19H24N4O3/c1-3-26-19(25)17(13-7-5-4-6-8-13)22-18(24)16-11-20-10-15(16)14-9-21-23(2)12-14/h4-9,12,15-17,20H,3,10-11H2,1-2H3,(H,22,24)/t15-,16+,17-/m1/s1. The smallest absolute Gasteiger partial charge is 0.333 e. The molecule has 1 saturated heterocycles. The molecule has 0 unspecified atom stereocenters. The van der Waals surface area contributed by atoms with Crippen LogP contribution in [0.2, 0.25) is 0 Å². The average Bonchev–Trinajstić information content (AvgIpc) is 3.29. The van der Waals surface area contributed by atoms with E-state index >= 15 is 0 Å². The van der Waals surface area contributed by atoms with Gasteiger partial charge in [0.25, 0.3) is 0 Å². The topological polar surface area (TPSA) is 85.2 Å². The highest BCUT2D eigenvalue weighted by molar-refractivity contribution is 5.87. The lowest BCUT2D eigenvalue weighted by atomic mass is 9.90. The molecule has 3 atom stereocenters. The van der Waals surface area contributed by atoms with Crippen molar-refractivity contribution in [3.05, 3.63) is 53.9 Å².